The fourth-order valence-electron chi connectivity index (χ4n) is 1.73. The van der Waals surface area contributed by atoms with Crippen LogP contribution in [0.2, 0.25) is 0 Å². The third-order valence-corrected chi connectivity index (χ3v) is 2.73. The van der Waals surface area contributed by atoms with Crippen LogP contribution in [0.5, 0.6) is 5.75 Å². The fourth-order valence-corrected chi connectivity index (χ4v) is 1.73. The van der Waals surface area contributed by atoms with Gasteiger partial charge in [0.25, 0.3) is 0 Å². The number of methoxy groups -OCH3 is 1. The van der Waals surface area contributed by atoms with Crippen LogP contribution in [0.15, 0.2) is 47.5 Å². The average Bonchev–Trinajstić information content (AvgIpc) is 2.41. The number of aromatic nitrogens is 1. The van der Waals surface area contributed by atoms with Crippen LogP contribution >= 0.6 is 0 Å². The second kappa shape index (κ2) is 5.39. The Bertz CT molecular complexity index is 643. The fraction of sp³-hybridized carbons (Fsp3) is 0.143. The van der Waals surface area contributed by atoms with E-state index < -0.39 is 11.4 Å². The molecule has 2 aromatic rings. The molecule has 0 saturated heterocycles. The molecule has 0 atom stereocenters. The molecule has 1 aromatic carbocycles. The summed E-state index contributed by atoms with van der Waals surface area (Å²) in [5, 5.41) is 8.89. The third kappa shape index (κ3) is 3.01. The molecule has 98 valence electrons. The predicted molar refractivity (Wildman–Crippen MR) is 69.8 cm³/mol. The largest absolute Gasteiger partial charge is 0.497 e. The van der Waals surface area contributed by atoms with E-state index in [4.69, 9.17) is 9.84 Å². The van der Waals surface area contributed by atoms with Crippen LogP contribution < -0.4 is 10.2 Å². The first-order chi connectivity index (χ1) is 9.10. The molecule has 1 heterocycles. The summed E-state index contributed by atoms with van der Waals surface area (Å²) in [5.41, 5.74) is 0.273. The lowest BCUT2D eigenvalue weighted by molar-refractivity contribution is 0.0694. The zero-order chi connectivity index (χ0) is 13.8. The van der Waals surface area contributed by atoms with Gasteiger partial charge in [0.05, 0.1) is 7.11 Å². The Kier molecular flexibility index (Phi) is 3.66. The van der Waals surface area contributed by atoms with E-state index >= 15 is 0 Å². The van der Waals surface area contributed by atoms with E-state index in [0.29, 0.717) is 6.54 Å². The van der Waals surface area contributed by atoms with Crippen molar-refractivity contribution in [1.82, 2.24) is 4.57 Å². The Hall–Kier alpha value is -2.56. The van der Waals surface area contributed by atoms with Gasteiger partial charge in [0.1, 0.15) is 11.3 Å². The molecule has 19 heavy (non-hydrogen) atoms. The van der Waals surface area contributed by atoms with Crippen molar-refractivity contribution in [2.24, 2.45) is 0 Å². The molecule has 0 aliphatic rings. The van der Waals surface area contributed by atoms with Crippen LogP contribution in [0.1, 0.15) is 15.9 Å². The maximum absolute atomic E-state index is 11.3. The summed E-state index contributed by atoms with van der Waals surface area (Å²) < 4.78 is 6.72. The molecule has 5 heteroatoms. The van der Waals surface area contributed by atoms with Crippen molar-refractivity contribution in [2.45, 2.75) is 6.54 Å². The zero-order valence-corrected chi connectivity index (χ0v) is 10.4. The maximum Gasteiger partial charge on any atom is 0.341 e. The van der Waals surface area contributed by atoms with Crippen molar-refractivity contribution in [3.63, 3.8) is 0 Å². The highest BCUT2D eigenvalue weighted by Gasteiger charge is 2.08. The van der Waals surface area contributed by atoms with Crippen molar-refractivity contribution in [1.29, 1.82) is 0 Å². The van der Waals surface area contributed by atoms with E-state index in [9.17, 15) is 9.59 Å². The third-order valence-electron chi connectivity index (χ3n) is 2.73. The molecule has 5 nitrogen and oxygen atoms in total. The molecule has 0 aliphatic heterocycles. The highest BCUT2D eigenvalue weighted by atomic mass is 16.5. The predicted octanol–water partition coefficient (Wildman–Crippen LogP) is 1.60. The molecule has 2 rings (SSSR count). The van der Waals surface area contributed by atoms with Gasteiger partial charge in [0.15, 0.2) is 5.43 Å². The SMILES string of the molecule is COc1ccc(Cn2ccc(=O)c(C(=O)O)c2)cc1. The first kappa shape index (κ1) is 12.9. The monoisotopic (exact) mass is 259 g/mol. The molecule has 1 aromatic heterocycles. The number of carboxylic acid groups (broad SMARTS) is 1. The normalized spacial score (nSPS) is 10.2. The molecule has 0 aliphatic carbocycles. The number of rotatable bonds is 4. The topological polar surface area (TPSA) is 68.5 Å². The molecule has 0 amide bonds. The maximum atomic E-state index is 11.3. The van der Waals surface area contributed by atoms with Crippen LogP contribution in [0, 0.1) is 0 Å². The van der Waals surface area contributed by atoms with Crippen molar-refractivity contribution >= 4 is 5.97 Å². The summed E-state index contributed by atoms with van der Waals surface area (Å²) in [4.78, 5) is 22.2. The lowest BCUT2D eigenvalue weighted by Gasteiger charge is -2.08. The van der Waals surface area contributed by atoms with Crippen LogP contribution in [0.25, 0.3) is 0 Å². The second-order valence-corrected chi connectivity index (χ2v) is 4.05. The average molecular weight is 259 g/mol. The van der Waals surface area contributed by atoms with Gasteiger partial charge in [-0.15, -0.1) is 0 Å². The number of hydrogen-bond donors (Lipinski definition) is 1. The summed E-state index contributed by atoms with van der Waals surface area (Å²) in [6.07, 6.45) is 2.91. The summed E-state index contributed by atoms with van der Waals surface area (Å²) in [5.74, 6) is -0.455. The van der Waals surface area contributed by atoms with E-state index in [2.05, 4.69) is 0 Å². The number of benzene rings is 1. The molecule has 1 N–H and O–H groups in total. The van der Waals surface area contributed by atoms with Gasteiger partial charge in [-0.2, -0.15) is 0 Å². The van der Waals surface area contributed by atoms with Crippen LogP contribution in [-0.2, 0) is 6.54 Å². The number of nitrogens with zero attached hydrogens (tertiary/aromatic N) is 1. The molecule has 0 bridgehead atoms. The van der Waals surface area contributed by atoms with Crippen molar-refractivity contribution < 1.29 is 14.6 Å². The van der Waals surface area contributed by atoms with Crippen LogP contribution in [-0.4, -0.2) is 22.8 Å². The minimum absolute atomic E-state index is 0.226. The van der Waals surface area contributed by atoms with Gasteiger partial charge in [0.2, 0.25) is 0 Å². The highest BCUT2D eigenvalue weighted by Crippen LogP contribution is 2.12. The Labute approximate surface area is 109 Å². The minimum atomic E-state index is -1.21. The number of pyridine rings is 1. The highest BCUT2D eigenvalue weighted by molar-refractivity contribution is 5.86. The number of carbonyl (C=O) groups is 1. The Morgan fingerprint density at radius 3 is 2.53 bits per heavy atom. The molecule has 0 fully saturated rings. The number of hydrogen-bond acceptors (Lipinski definition) is 3. The molecule has 0 unspecified atom stereocenters. The molecule has 0 saturated carbocycles. The van der Waals surface area contributed by atoms with Gasteiger partial charge in [-0.3, -0.25) is 4.79 Å². The van der Waals surface area contributed by atoms with E-state index in [0.717, 1.165) is 11.3 Å². The van der Waals surface area contributed by atoms with E-state index in [1.165, 1.54) is 12.3 Å². The first-order valence-electron chi connectivity index (χ1n) is 5.66. The van der Waals surface area contributed by atoms with Gasteiger partial charge in [-0.25, -0.2) is 4.79 Å². The van der Waals surface area contributed by atoms with E-state index in [-0.39, 0.29) is 5.56 Å². The Morgan fingerprint density at radius 1 is 1.26 bits per heavy atom. The second-order valence-electron chi connectivity index (χ2n) is 4.05. The Morgan fingerprint density at radius 2 is 1.95 bits per heavy atom. The summed E-state index contributed by atoms with van der Waals surface area (Å²) in [7, 11) is 1.59. The summed E-state index contributed by atoms with van der Waals surface area (Å²) >= 11 is 0. The van der Waals surface area contributed by atoms with Crippen molar-refractivity contribution in [3.05, 3.63) is 64.1 Å². The number of aromatic carboxylic acids is 1. The van der Waals surface area contributed by atoms with Crippen LogP contribution in [0.3, 0.4) is 0 Å². The number of carboxylic acids is 1. The van der Waals surface area contributed by atoms with E-state index in [1.807, 2.05) is 24.3 Å². The Balaban J connectivity index is 2.25. The quantitative estimate of drug-likeness (QED) is 0.905. The van der Waals surface area contributed by atoms with Crippen molar-refractivity contribution in [2.75, 3.05) is 7.11 Å². The lowest BCUT2D eigenvalue weighted by Crippen LogP contribution is -2.16. The molecule has 0 radical (unpaired) electrons. The number of ether oxygens (including phenoxy) is 1. The zero-order valence-electron chi connectivity index (χ0n) is 10.4. The summed E-state index contributed by atoms with van der Waals surface area (Å²) in [6.45, 7) is 0.491. The van der Waals surface area contributed by atoms with Gasteiger partial charge in [-0.1, -0.05) is 12.1 Å². The molecular formula is C14H13NO4. The first-order valence-corrected chi connectivity index (χ1v) is 5.66. The van der Waals surface area contributed by atoms with Gasteiger partial charge >= 0.3 is 5.97 Å². The van der Waals surface area contributed by atoms with Crippen molar-refractivity contribution in [3.8, 4) is 5.75 Å². The minimum Gasteiger partial charge on any atom is -0.497 e. The summed E-state index contributed by atoms with van der Waals surface area (Å²) in [6, 6.07) is 8.69. The smallest absolute Gasteiger partial charge is 0.341 e. The molecule has 0 spiro atoms. The van der Waals surface area contributed by atoms with Gasteiger partial charge in [-0.05, 0) is 17.7 Å². The molecular weight excluding hydrogens is 246 g/mol. The lowest BCUT2D eigenvalue weighted by atomic mass is 10.2. The van der Waals surface area contributed by atoms with Gasteiger partial charge < -0.3 is 14.4 Å². The standard InChI is InChI=1S/C14H13NO4/c1-19-11-4-2-10(3-5-11)8-15-7-6-13(16)12(9-15)14(17)18/h2-7,9H,8H2,1H3,(H,17,18). The van der Waals surface area contributed by atoms with Crippen LogP contribution in [0.4, 0.5) is 0 Å². The van der Waals surface area contributed by atoms with Gasteiger partial charge in [0, 0.05) is 25.0 Å². The van der Waals surface area contributed by atoms with E-state index in [1.54, 1.807) is 17.9 Å².